The highest BCUT2D eigenvalue weighted by molar-refractivity contribution is 6.60. The zero-order valence-electron chi connectivity index (χ0n) is 15.4. The van der Waals surface area contributed by atoms with Gasteiger partial charge in [-0.3, -0.25) is 0 Å². The first-order valence-corrected chi connectivity index (χ1v) is 10.6. The van der Waals surface area contributed by atoms with E-state index in [1.807, 2.05) is 44.8 Å². The Labute approximate surface area is 146 Å². The number of aromatic nitrogens is 2. The normalized spacial score (nSPS) is 13.4. The average Bonchev–Trinajstić information content (AvgIpc) is 2.93. The van der Waals surface area contributed by atoms with Crippen LogP contribution in [0.3, 0.4) is 0 Å². The standard InChI is InChI=1S/C16H32N2O5Si/c1-5-21-24(22-6-2,23-7-3)13-16(19)12-20-10-8-9-18-11-15(4)17-14-18/h11,14,16,19H,5-10,12-13H2,1-4H3. The molecule has 0 bridgehead atoms. The first kappa shape index (κ1) is 21.3. The molecular formula is C16H32N2O5Si. The highest BCUT2D eigenvalue weighted by Crippen LogP contribution is 2.18. The summed E-state index contributed by atoms with van der Waals surface area (Å²) in [5.41, 5.74) is 1.01. The average molecular weight is 361 g/mol. The van der Waals surface area contributed by atoms with Gasteiger partial charge in [0.25, 0.3) is 0 Å². The van der Waals surface area contributed by atoms with Gasteiger partial charge in [0.2, 0.25) is 0 Å². The molecule has 7 nitrogen and oxygen atoms in total. The van der Waals surface area contributed by atoms with Crippen molar-refractivity contribution in [2.75, 3.05) is 33.0 Å². The highest BCUT2D eigenvalue weighted by atomic mass is 28.4. The summed E-state index contributed by atoms with van der Waals surface area (Å²) in [6, 6.07) is 0.350. The van der Waals surface area contributed by atoms with Crippen LogP contribution in [0.25, 0.3) is 0 Å². The molecule has 8 heteroatoms. The van der Waals surface area contributed by atoms with Crippen LogP contribution in [-0.4, -0.2) is 62.6 Å². The molecule has 0 aliphatic carbocycles. The lowest BCUT2D eigenvalue weighted by Gasteiger charge is -2.30. The maximum absolute atomic E-state index is 10.2. The van der Waals surface area contributed by atoms with Gasteiger partial charge in [0.1, 0.15) is 0 Å². The number of nitrogens with zero attached hydrogens (tertiary/aromatic N) is 2. The molecule has 1 aromatic heterocycles. The van der Waals surface area contributed by atoms with E-state index in [-0.39, 0.29) is 6.61 Å². The van der Waals surface area contributed by atoms with E-state index in [9.17, 15) is 5.11 Å². The zero-order valence-corrected chi connectivity index (χ0v) is 16.4. The first-order chi connectivity index (χ1) is 11.5. The summed E-state index contributed by atoms with van der Waals surface area (Å²) in [7, 11) is -2.82. The van der Waals surface area contributed by atoms with Gasteiger partial charge in [-0.25, -0.2) is 4.98 Å². The minimum absolute atomic E-state index is 0.255. The van der Waals surface area contributed by atoms with Crippen LogP contribution in [0, 0.1) is 6.92 Å². The van der Waals surface area contributed by atoms with Crippen molar-refractivity contribution in [1.82, 2.24) is 9.55 Å². The van der Waals surface area contributed by atoms with Gasteiger partial charge in [-0.15, -0.1) is 0 Å². The molecule has 0 spiro atoms. The van der Waals surface area contributed by atoms with Crippen molar-refractivity contribution in [3.8, 4) is 0 Å². The van der Waals surface area contributed by atoms with Gasteiger partial charge >= 0.3 is 8.80 Å². The third-order valence-corrected chi connectivity index (χ3v) is 6.51. The summed E-state index contributed by atoms with van der Waals surface area (Å²) in [6.45, 7) is 10.9. The van der Waals surface area contributed by atoms with Gasteiger partial charge in [0.05, 0.1) is 24.7 Å². The van der Waals surface area contributed by atoms with Crippen LogP contribution in [0.2, 0.25) is 6.04 Å². The fourth-order valence-electron chi connectivity index (χ4n) is 2.47. The Morgan fingerprint density at radius 3 is 2.29 bits per heavy atom. The van der Waals surface area contributed by atoms with Crippen molar-refractivity contribution in [3.63, 3.8) is 0 Å². The Hall–Kier alpha value is -0.773. The van der Waals surface area contributed by atoms with Gasteiger partial charge in [-0.05, 0) is 34.1 Å². The van der Waals surface area contributed by atoms with Crippen LogP contribution >= 0.6 is 0 Å². The zero-order chi connectivity index (χ0) is 17.8. The topological polar surface area (TPSA) is 75.0 Å². The van der Waals surface area contributed by atoms with Gasteiger partial charge in [-0.1, -0.05) is 0 Å². The Balaban J connectivity index is 2.29. The molecule has 1 N–H and O–H groups in total. The number of ether oxygens (including phenoxy) is 1. The smallest absolute Gasteiger partial charge is 0.391 e. The minimum atomic E-state index is -2.82. The van der Waals surface area contributed by atoms with E-state index in [4.69, 9.17) is 18.0 Å². The van der Waals surface area contributed by atoms with Crippen LogP contribution in [0.5, 0.6) is 0 Å². The number of imidazole rings is 1. The van der Waals surface area contributed by atoms with Gasteiger partial charge in [-0.2, -0.15) is 0 Å². The van der Waals surface area contributed by atoms with Gasteiger partial charge < -0.3 is 27.7 Å². The number of aliphatic hydroxyl groups excluding tert-OH is 1. The van der Waals surface area contributed by atoms with E-state index < -0.39 is 14.9 Å². The Bertz CT molecular complexity index is 427. The van der Waals surface area contributed by atoms with Crippen molar-refractivity contribution < 1.29 is 23.1 Å². The van der Waals surface area contributed by atoms with Crippen molar-refractivity contribution in [2.24, 2.45) is 0 Å². The number of rotatable bonds is 14. The second kappa shape index (κ2) is 11.7. The summed E-state index contributed by atoms with van der Waals surface area (Å²) >= 11 is 0. The first-order valence-electron chi connectivity index (χ1n) is 8.71. The third-order valence-electron chi connectivity index (χ3n) is 3.36. The third kappa shape index (κ3) is 7.87. The number of aliphatic hydroxyl groups is 1. The SMILES string of the molecule is CCO[Si](CC(O)COCCCn1cnc(C)c1)(OCC)OCC. The molecule has 1 atom stereocenters. The van der Waals surface area contributed by atoms with Crippen molar-refractivity contribution in [3.05, 3.63) is 18.2 Å². The number of aryl methyl sites for hydroxylation is 2. The lowest BCUT2D eigenvalue weighted by molar-refractivity contribution is 0.0182. The largest absolute Gasteiger partial charge is 0.503 e. The fraction of sp³-hybridized carbons (Fsp3) is 0.812. The van der Waals surface area contributed by atoms with Crippen LogP contribution in [0.4, 0.5) is 0 Å². The monoisotopic (exact) mass is 360 g/mol. The molecule has 1 unspecified atom stereocenters. The molecule has 0 fully saturated rings. The van der Waals surface area contributed by atoms with E-state index >= 15 is 0 Å². The van der Waals surface area contributed by atoms with E-state index in [1.54, 1.807) is 0 Å². The minimum Gasteiger partial charge on any atom is -0.391 e. The Morgan fingerprint density at radius 1 is 1.17 bits per heavy atom. The molecule has 0 saturated heterocycles. The van der Waals surface area contributed by atoms with Crippen LogP contribution in [0.1, 0.15) is 32.9 Å². The molecule has 0 saturated carbocycles. The maximum Gasteiger partial charge on any atom is 0.503 e. The second-order valence-corrected chi connectivity index (χ2v) is 8.16. The summed E-state index contributed by atoms with van der Waals surface area (Å²) in [4.78, 5) is 4.18. The number of hydrogen-bond acceptors (Lipinski definition) is 6. The molecule has 1 heterocycles. The van der Waals surface area contributed by atoms with Crippen LogP contribution in [-0.2, 0) is 24.6 Å². The molecular weight excluding hydrogens is 328 g/mol. The quantitative estimate of drug-likeness (QED) is 0.404. The molecule has 0 aliphatic rings. The maximum atomic E-state index is 10.2. The molecule has 140 valence electrons. The molecule has 0 aromatic carbocycles. The van der Waals surface area contributed by atoms with E-state index in [1.165, 1.54) is 0 Å². The van der Waals surface area contributed by atoms with Gasteiger partial charge in [0.15, 0.2) is 0 Å². The van der Waals surface area contributed by atoms with Crippen molar-refractivity contribution in [1.29, 1.82) is 0 Å². The van der Waals surface area contributed by atoms with Crippen molar-refractivity contribution >= 4 is 8.80 Å². The summed E-state index contributed by atoms with van der Waals surface area (Å²) in [5.74, 6) is 0. The number of hydrogen-bond donors (Lipinski definition) is 1. The lowest BCUT2D eigenvalue weighted by Crippen LogP contribution is -2.49. The summed E-state index contributed by atoms with van der Waals surface area (Å²) < 4.78 is 24.8. The van der Waals surface area contributed by atoms with Gasteiger partial charge in [0, 0.05) is 45.2 Å². The highest BCUT2D eigenvalue weighted by Gasteiger charge is 2.42. The molecule has 1 aromatic rings. The molecule has 1 rings (SSSR count). The molecule has 0 radical (unpaired) electrons. The van der Waals surface area contributed by atoms with Crippen molar-refractivity contribution in [2.45, 2.75) is 52.8 Å². The fourth-order valence-corrected chi connectivity index (χ4v) is 5.09. The Morgan fingerprint density at radius 2 is 1.79 bits per heavy atom. The van der Waals surface area contributed by atoms with E-state index in [2.05, 4.69) is 4.98 Å². The second-order valence-electron chi connectivity index (χ2n) is 5.52. The predicted molar refractivity (Wildman–Crippen MR) is 93.8 cm³/mol. The lowest BCUT2D eigenvalue weighted by atomic mass is 10.4. The molecule has 24 heavy (non-hydrogen) atoms. The van der Waals surface area contributed by atoms with E-state index in [0.29, 0.717) is 32.5 Å². The van der Waals surface area contributed by atoms with Crippen LogP contribution < -0.4 is 0 Å². The molecule has 0 amide bonds. The molecule has 0 aliphatic heterocycles. The summed E-state index contributed by atoms with van der Waals surface area (Å²) in [6.07, 6.45) is 4.03. The van der Waals surface area contributed by atoms with Crippen LogP contribution in [0.15, 0.2) is 12.5 Å². The predicted octanol–water partition coefficient (Wildman–Crippen LogP) is 2.01. The van der Waals surface area contributed by atoms with E-state index in [0.717, 1.165) is 18.7 Å². The Kier molecular flexibility index (Phi) is 10.4. The summed E-state index contributed by atoms with van der Waals surface area (Å²) in [5, 5.41) is 10.2.